The molecule has 12 heteroatoms. The number of nitrogens with one attached hydrogen (secondary N) is 2. The molecule has 0 bridgehead atoms. The highest BCUT2D eigenvalue weighted by Gasteiger charge is 2.28. The molecule has 0 amide bonds. The molecular formula is C36H44FN7O4. The minimum absolute atomic E-state index is 0.0903. The number of aryl methyl sites for hydroxylation is 2. The number of halogens is 1. The van der Waals surface area contributed by atoms with Gasteiger partial charge in [0.1, 0.15) is 17.2 Å². The highest BCUT2D eigenvalue weighted by molar-refractivity contribution is 5.93. The number of aromatic nitrogens is 3. The van der Waals surface area contributed by atoms with Crippen LogP contribution in [0.5, 0.6) is 0 Å². The molecule has 1 aliphatic heterocycles. The van der Waals surface area contributed by atoms with E-state index < -0.39 is 17.2 Å². The van der Waals surface area contributed by atoms with Crippen LogP contribution in [0.2, 0.25) is 0 Å². The number of hydrogen-bond donors (Lipinski definition) is 4. The molecule has 1 saturated heterocycles. The Hall–Kier alpha value is -4.71. The number of carbonyl (C=O) groups is 1. The van der Waals surface area contributed by atoms with Crippen molar-refractivity contribution in [1.29, 1.82) is 0 Å². The van der Waals surface area contributed by atoms with Gasteiger partial charge >= 0.3 is 5.97 Å². The summed E-state index contributed by atoms with van der Waals surface area (Å²) in [4.78, 5) is 44.1. The number of nitrogens with zero attached hydrogens (tertiary/aromatic N) is 4. The Balaban J connectivity index is 1.01. The highest BCUT2D eigenvalue weighted by Crippen LogP contribution is 2.38. The van der Waals surface area contributed by atoms with Gasteiger partial charge in [-0.2, -0.15) is 4.98 Å². The normalized spacial score (nSPS) is 16.4. The largest absolute Gasteiger partial charge is 0.477 e. The Morgan fingerprint density at radius 1 is 1.08 bits per heavy atom. The molecule has 0 radical (unpaired) electrons. The van der Waals surface area contributed by atoms with Crippen LogP contribution in [0.15, 0.2) is 52.2 Å². The van der Waals surface area contributed by atoms with Gasteiger partial charge in [-0.15, -0.1) is 0 Å². The SMILES string of the molecule is CCc1cc(Nc2cc(=O)n(CCCCCN3CCCC3CNc3cc4c(cc3F)c(=O)c(C(=O)O)cn4C3CC3)c(N)n2)ccc1C. The van der Waals surface area contributed by atoms with Gasteiger partial charge in [-0.1, -0.05) is 19.4 Å². The molecule has 4 aromatic rings. The molecule has 2 aromatic carbocycles. The van der Waals surface area contributed by atoms with Gasteiger partial charge in [0.25, 0.3) is 5.56 Å². The second-order valence-corrected chi connectivity index (χ2v) is 13.0. The molecule has 48 heavy (non-hydrogen) atoms. The number of hydrogen-bond acceptors (Lipinski definition) is 8. The lowest BCUT2D eigenvalue weighted by Gasteiger charge is -2.25. The standard InChI is InChI=1S/C36H44FN7O4/c1-3-23-16-24(10-9-22(23)2)40-32-19-33(45)43(36(38)41-32)15-6-4-5-13-42-14-7-8-26(42)20-39-30-18-31-27(17-29(30)37)34(46)28(35(47)48)21-44(31)25-11-12-25/h9-10,16-19,21,25-26,39-40H,3-8,11-15,20H2,1-2H3,(H2,38,41)(H,47,48). The fourth-order valence-electron chi connectivity index (χ4n) is 6.81. The number of carboxylic acid groups (broad SMARTS) is 1. The second-order valence-electron chi connectivity index (χ2n) is 13.0. The summed E-state index contributed by atoms with van der Waals surface area (Å²) < 4.78 is 18.5. The smallest absolute Gasteiger partial charge is 0.341 e. The first kappa shape index (κ1) is 33.2. The van der Waals surface area contributed by atoms with Crippen LogP contribution in [0, 0.1) is 12.7 Å². The summed E-state index contributed by atoms with van der Waals surface area (Å²) in [6.07, 6.45) is 8.83. The summed E-state index contributed by atoms with van der Waals surface area (Å²) >= 11 is 0. The lowest BCUT2D eigenvalue weighted by Crippen LogP contribution is -2.35. The number of fused-ring (bicyclic) bond motifs is 1. The topological polar surface area (TPSA) is 148 Å². The van der Waals surface area contributed by atoms with E-state index in [1.54, 1.807) is 6.07 Å². The molecule has 1 atom stereocenters. The Kier molecular flexibility index (Phi) is 9.81. The van der Waals surface area contributed by atoms with Crippen molar-refractivity contribution in [2.75, 3.05) is 36.0 Å². The average Bonchev–Trinajstić information content (AvgIpc) is 3.80. The number of unbranched alkanes of at least 4 members (excludes halogenated alkanes) is 2. The number of aromatic carboxylic acids is 1. The number of rotatable bonds is 14. The molecule has 2 aliphatic rings. The van der Waals surface area contributed by atoms with Crippen LogP contribution >= 0.6 is 0 Å². The van der Waals surface area contributed by atoms with E-state index in [1.807, 2.05) is 16.7 Å². The summed E-state index contributed by atoms with van der Waals surface area (Å²) in [6.45, 7) is 7.11. The van der Waals surface area contributed by atoms with Crippen LogP contribution in [0.4, 0.5) is 27.5 Å². The minimum atomic E-state index is -1.30. The molecule has 3 heterocycles. The van der Waals surface area contributed by atoms with Crippen molar-refractivity contribution < 1.29 is 14.3 Å². The van der Waals surface area contributed by atoms with Crippen LogP contribution in [-0.2, 0) is 13.0 Å². The third-order valence-electron chi connectivity index (χ3n) is 9.69. The number of anilines is 4. The molecule has 11 nitrogen and oxygen atoms in total. The van der Waals surface area contributed by atoms with Gasteiger partial charge < -0.3 is 26.0 Å². The first-order chi connectivity index (χ1) is 23.1. The summed E-state index contributed by atoms with van der Waals surface area (Å²) in [5.74, 6) is -1.25. The number of nitrogens with two attached hydrogens (primary N) is 1. The molecule has 0 spiro atoms. The first-order valence-electron chi connectivity index (χ1n) is 17.0. The van der Waals surface area contributed by atoms with E-state index in [-0.39, 0.29) is 34.5 Å². The van der Waals surface area contributed by atoms with Gasteiger partial charge in [-0.3, -0.25) is 19.1 Å². The van der Waals surface area contributed by atoms with Crippen molar-refractivity contribution in [1.82, 2.24) is 19.0 Å². The predicted molar refractivity (Wildman–Crippen MR) is 187 cm³/mol. The van der Waals surface area contributed by atoms with E-state index in [2.05, 4.69) is 40.4 Å². The van der Waals surface area contributed by atoms with E-state index in [4.69, 9.17) is 5.73 Å². The van der Waals surface area contributed by atoms with Gasteiger partial charge in [-0.05, 0) is 100 Å². The Morgan fingerprint density at radius 2 is 1.88 bits per heavy atom. The van der Waals surface area contributed by atoms with E-state index >= 15 is 4.39 Å². The van der Waals surface area contributed by atoms with E-state index in [1.165, 1.54) is 34.0 Å². The minimum Gasteiger partial charge on any atom is -0.477 e. The van der Waals surface area contributed by atoms with Gasteiger partial charge in [0, 0.05) is 48.5 Å². The fraction of sp³-hybridized carbons (Fsp3) is 0.444. The van der Waals surface area contributed by atoms with Gasteiger partial charge in [0.05, 0.1) is 11.2 Å². The Morgan fingerprint density at radius 3 is 2.60 bits per heavy atom. The van der Waals surface area contributed by atoms with Crippen LogP contribution in [-0.4, -0.2) is 55.8 Å². The Labute approximate surface area is 278 Å². The lowest BCUT2D eigenvalue weighted by molar-refractivity contribution is 0.0694. The molecule has 254 valence electrons. The van der Waals surface area contributed by atoms with E-state index in [0.717, 1.165) is 70.1 Å². The maximum Gasteiger partial charge on any atom is 0.341 e. The van der Waals surface area contributed by atoms with Crippen LogP contribution in [0.25, 0.3) is 10.9 Å². The van der Waals surface area contributed by atoms with Crippen molar-refractivity contribution in [3.63, 3.8) is 0 Å². The molecule has 1 saturated carbocycles. The third-order valence-corrected chi connectivity index (χ3v) is 9.69. The van der Waals surface area contributed by atoms with Crippen LogP contribution in [0.1, 0.15) is 79.4 Å². The van der Waals surface area contributed by atoms with Crippen LogP contribution < -0.4 is 27.4 Å². The molecule has 5 N–H and O–H groups in total. The number of pyridine rings is 1. The second kappa shape index (κ2) is 14.2. The fourth-order valence-corrected chi connectivity index (χ4v) is 6.81. The average molecular weight is 658 g/mol. The molecule has 2 aromatic heterocycles. The number of benzene rings is 2. The van der Waals surface area contributed by atoms with Crippen molar-refractivity contribution in [2.45, 2.75) is 83.8 Å². The van der Waals surface area contributed by atoms with Crippen molar-refractivity contribution in [3.05, 3.63) is 85.7 Å². The molecule has 2 fully saturated rings. The number of carboxylic acids is 1. The summed E-state index contributed by atoms with van der Waals surface area (Å²) in [7, 11) is 0. The molecule has 1 aliphatic carbocycles. The molecular weight excluding hydrogens is 613 g/mol. The van der Waals surface area contributed by atoms with Crippen LogP contribution in [0.3, 0.4) is 0 Å². The molecule has 1 unspecified atom stereocenters. The quantitative estimate of drug-likeness (QED) is 0.126. The maximum atomic E-state index is 15.2. The number of nitrogen functional groups attached to an aromatic ring is 1. The highest BCUT2D eigenvalue weighted by atomic mass is 19.1. The van der Waals surface area contributed by atoms with Gasteiger partial charge in [0.15, 0.2) is 0 Å². The number of likely N-dealkylation sites (tertiary alicyclic amines) is 1. The summed E-state index contributed by atoms with van der Waals surface area (Å²) in [6, 6.07) is 10.7. The zero-order valence-electron chi connectivity index (χ0n) is 27.6. The van der Waals surface area contributed by atoms with Gasteiger partial charge in [0.2, 0.25) is 11.4 Å². The van der Waals surface area contributed by atoms with Crippen molar-refractivity contribution >= 4 is 40.0 Å². The zero-order chi connectivity index (χ0) is 33.9. The Bertz CT molecular complexity index is 1950. The monoisotopic (exact) mass is 657 g/mol. The first-order valence-corrected chi connectivity index (χ1v) is 17.0. The third kappa shape index (κ3) is 7.23. The van der Waals surface area contributed by atoms with Crippen molar-refractivity contribution in [2.24, 2.45) is 0 Å². The summed E-state index contributed by atoms with van der Waals surface area (Å²) in [5, 5.41) is 16.1. The zero-order valence-corrected chi connectivity index (χ0v) is 27.6. The van der Waals surface area contributed by atoms with E-state index in [0.29, 0.717) is 30.1 Å². The van der Waals surface area contributed by atoms with E-state index in [9.17, 15) is 19.5 Å². The van der Waals surface area contributed by atoms with Gasteiger partial charge in [-0.25, -0.2) is 9.18 Å². The van der Waals surface area contributed by atoms with Crippen molar-refractivity contribution in [3.8, 4) is 0 Å². The predicted octanol–water partition coefficient (Wildman–Crippen LogP) is 5.67. The lowest BCUT2D eigenvalue weighted by atomic mass is 10.1. The maximum absolute atomic E-state index is 15.2. The summed E-state index contributed by atoms with van der Waals surface area (Å²) in [5.41, 5.74) is 9.20. The molecule has 6 rings (SSSR count).